The van der Waals surface area contributed by atoms with Crippen LogP contribution in [0.4, 0.5) is 0 Å². The normalized spacial score (nSPS) is 13.3. The number of esters is 1. The number of hydrogen-bond acceptors (Lipinski definition) is 4. The Kier molecular flexibility index (Phi) is 14.8. The van der Waals surface area contributed by atoms with Crippen LogP contribution in [0.5, 0.6) is 0 Å². The lowest BCUT2D eigenvalue weighted by molar-refractivity contribution is -0.928. The molecule has 8 heteroatoms. The minimum Gasteiger partial charge on any atom is -0.463 e. The molecule has 1 atom stereocenters. The van der Waals surface area contributed by atoms with Crippen molar-refractivity contribution in [3.8, 4) is 0 Å². The van der Waals surface area contributed by atoms with E-state index in [-0.39, 0.29) is 6.61 Å². The van der Waals surface area contributed by atoms with Gasteiger partial charge in [0, 0.05) is 6.08 Å². The molecule has 0 fully saturated rings. The van der Waals surface area contributed by atoms with E-state index in [9.17, 15) is 19.1 Å². The van der Waals surface area contributed by atoms with Gasteiger partial charge in [0.2, 0.25) is 0 Å². The first-order valence-electron chi connectivity index (χ1n) is 10.6. The Bertz CT molecular complexity index is 462. The predicted molar refractivity (Wildman–Crippen MR) is 112 cm³/mol. The van der Waals surface area contributed by atoms with Crippen LogP contribution in [0, 0.1) is 0 Å². The first kappa shape index (κ1) is 27.3. The first-order chi connectivity index (χ1) is 13.2. The molecule has 28 heavy (non-hydrogen) atoms. The minimum absolute atomic E-state index is 0.275. The molecule has 1 unspecified atom stereocenters. The van der Waals surface area contributed by atoms with Gasteiger partial charge in [-0.2, -0.15) is 0 Å². The van der Waals surface area contributed by atoms with Crippen LogP contribution in [0.3, 0.4) is 0 Å². The molecule has 0 amide bonds. The highest BCUT2D eigenvalue weighted by Crippen LogP contribution is 2.39. The van der Waals surface area contributed by atoms with E-state index in [0.29, 0.717) is 25.7 Å². The highest BCUT2D eigenvalue weighted by molar-refractivity contribution is 7.46. The largest absolute Gasteiger partial charge is 0.469 e. The third-order valence-corrected chi connectivity index (χ3v) is 5.44. The number of unbranched alkanes of at least 4 members (excludes halogenated alkanes) is 1. The zero-order chi connectivity index (χ0) is 21.5. The van der Waals surface area contributed by atoms with Crippen molar-refractivity contribution in [1.82, 2.24) is 0 Å². The van der Waals surface area contributed by atoms with Crippen molar-refractivity contribution in [3.63, 3.8) is 0 Å². The van der Waals surface area contributed by atoms with Gasteiger partial charge in [0.25, 0.3) is 0 Å². The topological polar surface area (TPSA) is 93.1 Å². The van der Waals surface area contributed by atoms with Crippen molar-refractivity contribution in [2.75, 3.05) is 32.8 Å². The van der Waals surface area contributed by atoms with Gasteiger partial charge in [0.1, 0.15) is 0 Å². The Balaban J connectivity index is 4.61. The van der Waals surface area contributed by atoms with Gasteiger partial charge >= 0.3 is 13.8 Å². The van der Waals surface area contributed by atoms with Gasteiger partial charge in [-0.05, 0) is 51.4 Å². The van der Waals surface area contributed by atoms with E-state index >= 15 is 0 Å². The van der Waals surface area contributed by atoms with Gasteiger partial charge in [-0.25, -0.2) is 9.36 Å². The minimum atomic E-state index is -4.52. The summed E-state index contributed by atoms with van der Waals surface area (Å²) in [4.78, 5) is 29.4. The number of carbonyl (C=O) groups excluding carboxylic acids is 1. The summed E-state index contributed by atoms with van der Waals surface area (Å²) in [6.45, 7) is 14.7. The van der Waals surface area contributed by atoms with Crippen LogP contribution in [-0.4, -0.2) is 59.1 Å². The number of phosphoric acid groups is 1. The highest BCUT2D eigenvalue weighted by atomic mass is 31.2. The van der Waals surface area contributed by atoms with Crippen LogP contribution in [-0.2, 0) is 18.6 Å². The maximum absolute atomic E-state index is 11.3. The SMILES string of the molecule is C=CC(=O)OCCCCC(CCC[N+](CCC)(CCC)CCC)OP(=O)(O)O. The lowest BCUT2D eigenvalue weighted by Crippen LogP contribution is -2.50. The monoisotopic (exact) mass is 422 g/mol. The summed E-state index contributed by atoms with van der Waals surface area (Å²) in [5.41, 5.74) is 0. The summed E-state index contributed by atoms with van der Waals surface area (Å²) in [7, 11) is -4.52. The molecule has 2 N–H and O–H groups in total. The molecule has 0 aliphatic carbocycles. The summed E-state index contributed by atoms with van der Waals surface area (Å²) in [6.07, 6.45) is 7.35. The van der Waals surface area contributed by atoms with Crippen LogP contribution in [0.15, 0.2) is 12.7 Å². The number of nitrogens with zero attached hydrogens (tertiary/aromatic N) is 1. The molecule has 0 saturated carbocycles. The molecular formula is C20H41NO6P+. The second-order valence-electron chi connectivity index (χ2n) is 7.46. The Morgan fingerprint density at radius 1 is 1.00 bits per heavy atom. The number of phosphoric ester groups is 1. The Hall–Kier alpha value is -0.720. The first-order valence-corrected chi connectivity index (χ1v) is 12.1. The fraction of sp³-hybridized carbons (Fsp3) is 0.850. The van der Waals surface area contributed by atoms with E-state index < -0.39 is 19.9 Å². The van der Waals surface area contributed by atoms with Gasteiger partial charge in [-0.3, -0.25) is 4.52 Å². The van der Waals surface area contributed by atoms with Gasteiger partial charge < -0.3 is 19.0 Å². The number of carbonyl (C=O) groups is 1. The average Bonchev–Trinajstić information content (AvgIpc) is 2.60. The van der Waals surface area contributed by atoms with Crippen molar-refractivity contribution in [3.05, 3.63) is 12.7 Å². The van der Waals surface area contributed by atoms with Crippen LogP contribution in [0.25, 0.3) is 0 Å². The molecular weight excluding hydrogens is 381 g/mol. The quantitative estimate of drug-likeness (QED) is 0.113. The number of ether oxygens (including phenoxy) is 1. The molecule has 0 rings (SSSR count). The van der Waals surface area contributed by atoms with E-state index in [1.807, 2.05) is 0 Å². The van der Waals surface area contributed by atoms with E-state index in [1.54, 1.807) is 0 Å². The molecule has 0 heterocycles. The molecule has 166 valence electrons. The van der Waals surface area contributed by atoms with E-state index in [1.165, 1.54) is 0 Å². The standard InChI is InChI=1S/C20H40NO6P/c1-5-14-21(15-6-2,16-7-3)17-11-13-19(27-28(23,24)25)12-9-10-18-26-20(22)8-4/h8,19H,4-7,9-18H2,1-3H3,(H-,23,24,25)/p+1. The number of rotatable bonds is 18. The molecule has 0 aliphatic heterocycles. The summed E-state index contributed by atoms with van der Waals surface area (Å²) < 4.78 is 22.3. The molecule has 0 aliphatic rings. The number of quaternary nitrogens is 1. The molecule has 0 radical (unpaired) electrons. The maximum atomic E-state index is 11.3. The predicted octanol–water partition coefficient (Wildman–Crippen LogP) is 4.19. The fourth-order valence-corrected chi connectivity index (χ4v) is 4.50. The molecule has 0 bridgehead atoms. The zero-order valence-electron chi connectivity index (χ0n) is 18.0. The lowest BCUT2D eigenvalue weighted by Gasteiger charge is -2.39. The van der Waals surface area contributed by atoms with Crippen molar-refractivity contribution < 1.29 is 32.9 Å². The third kappa shape index (κ3) is 13.5. The second-order valence-corrected chi connectivity index (χ2v) is 8.66. The highest BCUT2D eigenvalue weighted by Gasteiger charge is 2.26. The molecule has 0 aromatic carbocycles. The molecule has 0 aromatic heterocycles. The van der Waals surface area contributed by atoms with Crippen molar-refractivity contribution >= 4 is 13.8 Å². The average molecular weight is 423 g/mol. The summed E-state index contributed by atoms with van der Waals surface area (Å²) in [5, 5.41) is 0. The summed E-state index contributed by atoms with van der Waals surface area (Å²) >= 11 is 0. The van der Waals surface area contributed by atoms with E-state index in [2.05, 4.69) is 27.4 Å². The van der Waals surface area contributed by atoms with Crippen molar-refractivity contribution in [2.45, 2.75) is 78.2 Å². The maximum Gasteiger partial charge on any atom is 0.469 e. The van der Waals surface area contributed by atoms with Crippen LogP contribution >= 0.6 is 7.82 Å². The molecule has 0 saturated heterocycles. The van der Waals surface area contributed by atoms with Crippen LogP contribution in [0.2, 0.25) is 0 Å². The third-order valence-electron chi connectivity index (χ3n) is 4.87. The summed E-state index contributed by atoms with van der Waals surface area (Å²) in [5.74, 6) is -0.458. The Morgan fingerprint density at radius 2 is 1.54 bits per heavy atom. The smallest absolute Gasteiger partial charge is 0.463 e. The zero-order valence-corrected chi connectivity index (χ0v) is 18.9. The van der Waals surface area contributed by atoms with Gasteiger partial charge in [0.15, 0.2) is 0 Å². The Morgan fingerprint density at radius 3 is 2.00 bits per heavy atom. The Labute approximate surface area is 170 Å². The molecule has 0 spiro atoms. The lowest BCUT2D eigenvalue weighted by atomic mass is 10.1. The molecule has 7 nitrogen and oxygen atoms in total. The van der Waals surface area contributed by atoms with E-state index in [4.69, 9.17) is 9.26 Å². The van der Waals surface area contributed by atoms with Gasteiger partial charge in [0.05, 0.1) is 38.9 Å². The summed E-state index contributed by atoms with van der Waals surface area (Å²) in [6, 6.07) is 0. The van der Waals surface area contributed by atoms with Gasteiger partial charge in [-0.15, -0.1) is 0 Å². The van der Waals surface area contributed by atoms with Crippen molar-refractivity contribution in [2.24, 2.45) is 0 Å². The van der Waals surface area contributed by atoms with Gasteiger partial charge in [-0.1, -0.05) is 27.4 Å². The fourth-order valence-electron chi connectivity index (χ4n) is 3.90. The van der Waals surface area contributed by atoms with Crippen molar-refractivity contribution in [1.29, 1.82) is 0 Å². The second kappa shape index (κ2) is 15.2. The van der Waals surface area contributed by atoms with Crippen LogP contribution in [0.1, 0.15) is 72.1 Å². The van der Waals surface area contributed by atoms with Crippen LogP contribution < -0.4 is 0 Å². The number of hydrogen-bond donors (Lipinski definition) is 2. The van der Waals surface area contributed by atoms with E-state index in [0.717, 1.165) is 62.4 Å². The molecule has 0 aromatic rings.